The first-order valence-electron chi connectivity index (χ1n) is 5.38. The number of hydrogen-bond donors (Lipinski definition) is 0. The first-order chi connectivity index (χ1) is 8.35. The smallest absolute Gasteiger partial charge is 0.395 e. The summed E-state index contributed by atoms with van der Waals surface area (Å²) < 4.78 is 42.4. The van der Waals surface area contributed by atoms with Crippen LogP contribution in [0.15, 0.2) is 16.6 Å². The molecule has 1 aliphatic heterocycles. The molecule has 0 N–H and O–H groups in total. The van der Waals surface area contributed by atoms with Crippen LogP contribution in [0.3, 0.4) is 0 Å². The first kappa shape index (κ1) is 13.4. The summed E-state index contributed by atoms with van der Waals surface area (Å²) in [6.45, 7) is 0.506. The minimum Gasteiger partial charge on any atom is -0.493 e. The molecule has 0 saturated heterocycles. The standard InChI is InChI=1S/C12H10BrF3O2/c13-9-3-7-1-2-18-11(7)8(4-9)5-10(17)6-12(14,15)16/h3-4H,1-2,5-6H2. The number of benzene rings is 1. The highest BCUT2D eigenvalue weighted by Crippen LogP contribution is 2.34. The molecule has 2 nitrogen and oxygen atoms in total. The van der Waals surface area contributed by atoms with E-state index in [0.29, 0.717) is 17.9 Å². The van der Waals surface area contributed by atoms with Gasteiger partial charge >= 0.3 is 6.18 Å². The Morgan fingerprint density at radius 1 is 1.39 bits per heavy atom. The summed E-state index contributed by atoms with van der Waals surface area (Å²) >= 11 is 3.28. The van der Waals surface area contributed by atoms with E-state index in [4.69, 9.17) is 4.74 Å². The second-order valence-electron chi connectivity index (χ2n) is 4.16. The lowest BCUT2D eigenvalue weighted by atomic mass is 10.0. The van der Waals surface area contributed by atoms with Crippen LogP contribution in [0.5, 0.6) is 5.75 Å². The molecule has 0 amide bonds. The number of ether oxygens (including phenoxy) is 1. The van der Waals surface area contributed by atoms with Gasteiger partial charge in [-0.05, 0) is 17.7 Å². The van der Waals surface area contributed by atoms with Crippen molar-refractivity contribution in [1.29, 1.82) is 0 Å². The quantitative estimate of drug-likeness (QED) is 0.852. The van der Waals surface area contributed by atoms with Crippen molar-refractivity contribution in [2.45, 2.75) is 25.4 Å². The van der Waals surface area contributed by atoms with Gasteiger partial charge in [-0.25, -0.2) is 0 Å². The van der Waals surface area contributed by atoms with Crippen LogP contribution in [0.4, 0.5) is 13.2 Å². The van der Waals surface area contributed by atoms with Gasteiger partial charge in [-0.15, -0.1) is 0 Å². The van der Waals surface area contributed by atoms with Crippen LogP contribution in [0.1, 0.15) is 17.5 Å². The highest BCUT2D eigenvalue weighted by atomic mass is 79.9. The van der Waals surface area contributed by atoms with Gasteiger partial charge < -0.3 is 4.74 Å². The Labute approximate surface area is 110 Å². The second-order valence-corrected chi connectivity index (χ2v) is 5.07. The molecule has 0 aliphatic carbocycles. The molecule has 18 heavy (non-hydrogen) atoms. The van der Waals surface area contributed by atoms with Gasteiger partial charge in [-0.3, -0.25) is 4.79 Å². The summed E-state index contributed by atoms with van der Waals surface area (Å²) in [4.78, 5) is 11.3. The molecule has 0 aromatic heterocycles. The average molecular weight is 323 g/mol. The number of rotatable bonds is 3. The number of hydrogen-bond acceptors (Lipinski definition) is 2. The van der Waals surface area contributed by atoms with E-state index in [-0.39, 0.29) is 6.42 Å². The average Bonchev–Trinajstić information content (AvgIpc) is 2.61. The highest BCUT2D eigenvalue weighted by molar-refractivity contribution is 9.10. The van der Waals surface area contributed by atoms with E-state index >= 15 is 0 Å². The van der Waals surface area contributed by atoms with Gasteiger partial charge in [-0.2, -0.15) is 13.2 Å². The van der Waals surface area contributed by atoms with E-state index in [9.17, 15) is 18.0 Å². The van der Waals surface area contributed by atoms with Crippen LogP contribution in [0, 0.1) is 0 Å². The molecule has 0 saturated carbocycles. The maximum atomic E-state index is 12.1. The summed E-state index contributed by atoms with van der Waals surface area (Å²) in [5, 5.41) is 0. The maximum Gasteiger partial charge on any atom is 0.395 e. The molecule has 1 aliphatic rings. The molecular formula is C12H10BrF3O2. The molecular weight excluding hydrogens is 313 g/mol. The van der Waals surface area contributed by atoms with Gasteiger partial charge in [0.15, 0.2) is 0 Å². The molecule has 98 valence electrons. The van der Waals surface area contributed by atoms with Crippen LogP contribution in [0.25, 0.3) is 0 Å². The van der Waals surface area contributed by atoms with Crippen molar-refractivity contribution in [2.75, 3.05) is 6.61 Å². The second kappa shape index (κ2) is 4.91. The van der Waals surface area contributed by atoms with Crippen molar-refractivity contribution in [1.82, 2.24) is 0 Å². The zero-order valence-electron chi connectivity index (χ0n) is 9.31. The topological polar surface area (TPSA) is 26.3 Å². The van der Waals surface area contributed by atoms with Crippen molar-refractivity contribution in [3.63, 3.8) is 0 Å². The third kappa shape index (κ3) is 3.25. The molecule has 1 heterocycles. The number of halogens is 4. The largest absolute Gasteiger partial charge is 0.493 e. The van der Waals surface area contributed by atoms with Crippen LogP contribution < -0.4 is 4.74 Å². The van der Waals surface area contributed by atoms with E-state index in [0.717, 1.165) is 16.5 Å². The zero-order valence-corrected chi connectivity index (χ0v) is 10.9. The summed E-state index contributed by atoms with van der Waals surface area (Å²) in [7, 11) is 0. The number of carbonyl (C=O) groups is 1. The highest BCUT2D eigenvalue weighted by Gasteiger charge is 2.31. The Kier molecular flexibility index (Phi) is 3.66. The van der Waals surface area contributed by atoms with Gasteiger partial charge in [0, 0.05) is 22.9 Å². The molecule has 0 unspecified atom stereocenters. The minimum absolute atomic E-state index is 0.249. The molecule has 0 atom stereocenters. The van der Waals surface area contributed by atoms with E-state index < -0.39 is 18.4 Å². The van der Waals surface area contributed by atoms with Crippen molar-refractivity contribution in [3.8, 4) is 5.75 Å². The third-order valence-electron chi connectivity index (χ3n) is 2.61. The fourth-order valence-corrected chi connectivity index (χ4v) is 2.53. The Bertz CT molecular complexity index is 483. The Hall–Kier alpha value is -1.04. The number of carbonyl (C=O) groups excluding carboxylic acids is 1. The lowest BCUT2D eigenvalue weighted by Crippen LogP contribution is -2.16. The number of fused-ring (bicyclic) bond motifs is 1. The SMILES string of the molecule is O=C(Cc1cc(Br)cc2c1OCC2)CC(F)(F)F. The summed E-state index contributed by atoms with van der Waals surface area (Å²) in [5.74, 6) is -0.285. The normalized spacial score (nSPS) is 14.2. The van der Waals surface area contributed by atoms with Crippen LogP contribution in [0.2, 0.25) is 0 Å². The number of alkyl halides is 3. The van der Waals surface area contributed by atoms with Crippen molar-refractivity contribution in [3.05, 3.63) is 27.7 Å². The molecule has 1 aromatic carbocycles. The predicted molar refractivity (Wildman–Crippen MR) is 62.7 cm³/mol. The summed E-state index contributed by atoms with van der Waals surface area (Å²) in [6.07, 6.45) is -5.38. The Balaban J connectivity index is 2.17. The van der Waals surface area contributed by atoms with E-state index in [1.165, 1.54) is 0 Å². The molecule has 6 heteroatoms. The van der Waals surface area contributed by atoms with Gasteiger partial charge in [0.2, 0.25) is 0 Å². The summed E-state index contributed by atoms with van der Waals surface area (Å²) in [5.41, 5.74) is 1.45. The third-order valence-corrected chi connectivity index (χ3v) is 3.07. The minimum atomic E-state index is -4.45. The number of ketones is 1. The van der Waals surface area contributed by atoms with Gasteiger partial charge in [0.25, 0.3) is 0 Å². The lowest BCUT2D eigenvalue weighted by Gasteiger charge is -2.09. The Morgan fingerprint density at radius 3 is 2.78 bits per heavy atom. The predicted octanol–water partition coefficient (Wildman–Crippen LogP) is 3.45. The van der Waals surface area contributed by atoms with E-state index in [1.807, 2.05) is 6.07 Å². The van der Waals surface area contributed by atoms with Gasteiger partial charge in [-0.1, -0.05) is 15.9 Å². The van der Waals surface area contributed by atoms with Gasteiger partial charge in [0.05, 0.1) is 6.61 Å². The van der Waals surface area contributed by atoms with Crippen molar-refractivity contribution in [2.24, 2.45) is 0 Å². The lowest BCUT2D eigenvalue weighted by molar-refractivity contribution is -0.151. The van der Waals surface area contributed by atoms with Crippen LogP contribution in [-0.4, -0.2) is 18.6 Å². The van der Waals surface area contributed by atoms with Crippen molar-refractivity contribution < 1.29 is 22.7 Å². The molecule has 0 bridgehead atoms. The van der Waals surface area contributed by atoms with Crippen molar-refractivity contribution >= 4 is 21.7 Å². The van der Waals surface area contributed by atoms with E-state index in [1.54, 1.807) is 6.07 Å². The molecule has 0 fully saturated rings. The molecule has 1 aromatic rings. The fourth-order valence-electron chi connectivity index (χ4n) is 1.98. The van der Waals surface area contributed by atoms with Crippen LogP contribution >= 0.6 is 15.9 Å². The van der Waals surface area contributed by atoms with Crippen LogP contribution in [-0.2, 0) is 17.6 Å². The zero-order chi connectivity index (χ0) is 13.3. The Morgan fingerprint density at radius 2 is 2.11 bits per heavy atom. The maximum absolute atomic E-state index is 12.1. The molecule has 0 spiro atoms. The number of Topliss-reactive ketones (excluding diaryl/α,β-unsaturated/α-hetero) is 1. The fraction of sp³-hybridized carbons (Fsp3) is 0.417. The first-order valence-corrected chi connectivity index (χ1v) is 6.17. The van der Waals surface area contributed by atoms with E-state index in [2.05, 4.69) is 15.9 Å². The molecule has 2 rings (SSSR count). The van der Waals surface area contributed by atoms with Gasteiger partial charge in [0.1, 0.15) is 18.0 Å². The summed E-state index contributed by atoms with van der Waals surface area (Å²) in [6, 6.07) is 3.50. The molecule has 0 radical (unpaired) electrons. The monoisotopic (exact) mass is 322 g/mol.